The summed E-state index contributed by atoms with van der Waals surface area (Å²) in [7, 11) is 0. The molecule has 5 heteroatoms. The maximum atomic E-state index is 5.75. The lowest BCUT2D eigenvalue weighted by Gasteiger charge is -2.36. The van der Waals surface area contributed by atoms with Crippen LogP contribution < -0.4 is 5.32 Å². The Labute approximate surface area is 117 Å². The first-order valence-corrected chi connectivity index (χ1v) is 7.52. The van der Waals surface area contributed by atoms with Crippen LogP contribution in [0.5, 0.6) is 0 Å². The summed E-state index contributed by atoms with van der Waals surface area (Å²) in [6.45, 7) is 7.19. The Hall–Kier alpha value is -1.20. The van der Waals surface area contributed by atoms with Gasteiger partial charge in [0.05, 0.1) is 15.8 Å². The fourth-order valence-electron chi connectivity index (χ4n) is 2.62. The standard InChI is InChI=1S/C14H19N3OS/c1-9-7-19-12-11(9)15-8-16-13(12)17-10-4-5-18-14(2,3)6-10/h7-8,10H,4-6H2,1-3H3,(H,15,16,17). The van der Waals surface area contributed by atoms with Crippen LogP contribution in [0.25, 0.3) is 10.2 Å². The van der Waals surface area contributed by atoms with E-state index in [1.807, 2.05) is 0 Å². The van der Waals surface area contributed by atoms with Crippen molar-refractivity contribution < 1.29 is 4.74 Å². The lowest BCUT2D eigenvalue weighted by molar-refractivity contribution is -0.0553. The molecule has 0 bridgehead atoms. The number of nitrogens with one attached hydrogen (secondary N) is 1. The molecule has 102 valence electrons. The van der Waals surface area contributed by atoms with E-state index >= 15 is 0 Å². The molecule has 1 fully saturated rings. The van der Waals surface area contributed by atoms with Crippen molar-refractivity contribution in [2.75, 3.05) is 11.9 Å². The van der Waals surface area contributed by atoms with E-state index in [0.29, 0.717) is 6.04 Å². The zero-order valence-corrected chi connectivity index (χ0v) is 12.4. The maximum absolute atomic E-state index is 5.75. The summed E-state index contributed by atoms with van der Waals surface area (Å²) < 4.78 is 6.91. The molecule has 1 aliphatic rings. The number of ether oxygens (including phenoxy) is 1. The zero-order chi connectivity index (χ0) is 13.5. The minimum Gasteiger partial charge on any atom is -0.375 e. The normalized spacial score (nSPS) is 22.6. The number of aryl methyl sites for hydroxylation is 1. The smallest absolute Gasteiger partial charge is 0.147 e. The third kappa shape index (κ3) is 2.58. The van der Waals surface area contributed by atoms with Crippen molar-refractivity contribution in [3.63, 3.8) is 0 Å². The fourth-order valence-corrected chi connectivity index (χ4v) is 3.58. The highest BCUT2D eigenvalue weighted by atomic mass is 32.1. The first-order chi connectivity index (χ1) is 9.05. The van der Waals surface area contributed by atoms with Gasteiger partial charge in [0.15, 0.2) is 0 Å². The number of nitrogens with zero attached hydrogens (tertiary/aromatic N) is 2. The molecule has 2 aromatic rings. The van der Waals surface area contributed by atoms with E-state index in [1.54, 1.807) is 17.7 Å². The van der Waals surface area contributed by atoms with Crippen LogP contribution in [0.4, 0.5) is 5.82 Å². The first kappa shape index (κ1) is 12.8. The highest BCUT2D eigenvalue weighted by Gasteiger charge is 2.29. The highest BCUT2D eigenvalue weighted by molar-refractivity contribution is 7.18. The number of rotatable bonds is 2. The van der Waals surface area contributed by atoms with Gasteiger partial charge >= 0.3 is 0 Å². The molecule has 19 heavy (non-hydrogen) atoms. The molecule has 4 nitrogen and oxygen atoms in total. The van der Waals surface area contributed by atoms with Crippen LogP contribution in [0.1, 0.15) is 32.3 Å². The SMILES string of the molecule is Cc1csc2c(NC3CCOC(C)(C)C3)ncnc12. The molecule has 0 radical (unpaired) electrons. The number of fused-ring (bicyclic) bond motifs is 1. The predicted molar refractivity (Wildman–Crippen MR) is 78.8 cm³/mol. The molecule has 1 atom stereocenters. The number of anilines is 1. The Bertz CT molecular complexity index is 593. The second-order valence-corrected chi connectivity index (χ2v) is 6.64. The van der Waals surface area contributed by atoms with Crippen LogP contribution in [-0.2, 0) is 4.74 Å². The number of aromatic nitrogens is 2. The summed E-state index contributed by atoms with van der Waals surface area (Å²) >= 11 is 1.71. The van der Waals surface area contributed by atoms with Gasteiger partial charge in [-0.2, -0.15) is 0 Å². The van der Waals surface area contributed by atoms with Crippen molar-refractivity contribution in [1.82, 2.24) is 9.97 Å². The van der Waals surface area contributed by atoms with Gasteiger partial charge in [0.25, 0.3) is 0 Å². The third-order valence-corrected chi connectivity index (χ3v) is 4.66. The van der Waals surface area contributed by atoms with Crippen LogP contribution in [0.3, 0.4) is 0 Å². The van der Waals surface area contributed by atoms with Crippen LogP contribution >= 0.6 is 11.3 Å². The number of thiophene rings is 1. The summed E-state index contributed by atoms with van der Waals surface area (Å²) in [4.78, 5) is 8.77. The van der Waals surface area contributed by atoms with Crippen LogP contribution in [0.15, 0.2) is 11.7 Å². The number of hydrogen-bond donors (Lipinski definition) is 1. The lowest BCUT2D eigenvalue weighted by atomic mass is 9.94. The van der Waals surface area contributed by atoms with Gasteiger partial charge in [0.1, 0.15) is 12.1 Å². The summed E-state index contributed by atoms with van der Waals surface area (Å²) in [6.07, 6.45) is 3.68. The van der Waals surface area contributed by atoms with E-state index in [-0.39, 0.29) is 5.60 Å². The zero-order valence-electron chi connectivity index (χ0n) is 11.6. The third-order valence-electron chi connectivity index (χ3n) is 3.57. The Morgan fingerprint density at radius 1 is 1.42 bits per heavy atom. The molecule has 2 aromatic heterocycles. The van der Waals surface area contributed by atoms with E-state index in [0.717, 1.165) is 35.5 Å². The van der Waals surface area contributed by atoms with Gasteiger partial charge in [-0.05, 0) is 44.6 Å². The van der Waals surface area contributed by atoms with E-state index in [9.17, 15) is 0 Å². The average molecular weight is 277 g/mol. The molecule has 3 heterocycles. The highest BCUT2D eigenvalue weighted by Crippen LogP contribution is 2.31. The van der Waals surface area contributed by atoms with Crippen molar-refractivity contribution in [3.8, 4) is 0 Å². The predicted octanol–water partition coefficient (Wildman–Crippen LogP) is 3.37. The van der Waals surface area contributed by atoms with Gasteiger partial charge in [-0.1, -0.05) is 0 Å². The number of hydrogen-bond acceptors (Lipinski definition) is 5. The van der Waals surface area contributed by atoms with E-state index in [4.69, 9.17) is 4.74 Å². The molecule has 1 N–H and O–H groups in total. The second kappa shape index (κ2) is 4.72. The largest absolute Gasteiger partial charge is 0.375 e. The topological polar surface area (TPSA) is 47.0 Å². The molecular formula is C14H19N3OS. The van der Waals surface area contributed by atoms with Gasteiger partial charge in [-0.15, -0.1) is 11.3 Å². The summed E-state index contributed by atoms with van der Waals surface area (Å²) in [5.41, 5.74) is 2.24. The molecule has 0 saturated carbocycles. The monoisotopic (exact) mass is 277 g/mol. The second-order valence-electron chi connectivity index (χ2n) is 5.76. The van der Waals surface area contributed by atoms with Crippen LogP contribution in [-0.4, -0.2) is 28.2 Å². The Kier molecular flexibility index (Phi) is 3.19. The van der Waals surface area contributed by atoms with Gasteiger partial charge in [-0.3, -0.25) is 0 Å². The van der Waals surface area contributed by atoms with Crippen molar-refractivity contribution in [2.45, 2.75) is 45.3 Å². The van der Waals surface area contributed by atoms with Crippen LogP contribution in [0.2, 0.25) is 0 Å². The average Bonchev–Trinajstić information content (AvgIpc) is 2.71. The Morgan fingerprint density at radius 3 is 3.05 bits per heavy atom. The van der Waals surface area contributed by atoms with E-state index in [1.165, 1.54) is 5.56 Å². The van der Waals surface area contributed by atoms with Gasteiger partial charge in [-0.25, -0.2) is 9.97 Å². The fraction of sp³-hybridized carbons (Fsp3) is 0.571. The summed E-state index contributed by atoms with van der Waals surface area (Å²) in [5.74, 6) is 0.964. The van der Waals surface area contributed by atoms with Gasteiger partial charge < -0.3 is 10.1 Å². The van der Waals surface area contributed by atoms with E-state index in [2.05, 4.69) is 41.4 Å². The lowest BCUT2D eigenvalue weighted by Crippen LogP contribution is -2.40. The van der Waals surface area contributed by atoms with Crippen molar-refractivity contribution >= 4 is 27.4 Å². The minimum absolute atomic E-state index is 0.0482. The van der Waals surface area contributed by atoms with Crippen molar-refractivity contribution in [1.29, 1.82) is 0 Å². The molecule has 0 aliphatic carbocycles. The molecular weight excluding hydrogens is 258 g/mol. The Balaban J connectivity index is 1.85. The van der Waals surface area contributed by atoms with Gasteiger partial charge in [0.2, 0.25) is 0 Å². The maximum Gasteiger partial charge on any atom is 0.147 e. The Morgan fingerprint density at radius 2 is 2.26 bits per heavy atom. The van der Waals surface area contributed by atoms with Crippen molar-refractivity contribution in [3.05, 3.63) is 17.3 Å². The van der Waals surface area contributed by atoms with Crippen molar-refractivity contribution in [2.24, 2.45) is 0 Å². The summed E-state index contributed by atoms with van der Waals surface area (Å²) in [5, 5.41) is 5.71. The molecule has 0 spiro atoms. The molecule has 1 aliphatic heterocycles. The van der Waals surface area contributed by atoms with E-state index < -0.39 is 0 Å². The molecule has 3 rings (SSSR count). The molecule has 0 amide bonds. The minimum atomic E-state index is -0.0482. The first-order valence-electron chi connectivity index (χ1n) is 6.64. The molecule has 1 saturated heterocycles. The quantitative estimate of drug-likeness (QED) is 0.914. The summed E-state index contributed by atoms with van der Waals surface area (Å²) in [6, 6.07) is 0.421. The molecule has 0 aromatic carbocycles. The van der Waals surface area contributed by atoms with Crippen LogP contribution in [0, 0.1) is 6.92 Å². The molecule has 1 unspecified atom stereocenters. The van der Waals surface area contributed by atoms with Gasteiger partial charge in [0, 0.05) is 12.6 Å².